The van der Waals surface area contributed by atoms with Crippen molar-refractivity contribution in [3.8, 4) is 0 Å². The predicted molar refractivity (Wildman–Crippen MR) is 44.0 cm³/mol. The summed E-state index contributed by atoms with van der Waals surface area (Å²) < 4.78 is 0. The van der Waals surface area contributed by atoms with Crippen molar-refractivity contribution in [1.29, 1.82) is 0 Å². The fourth-order valence-electron chi connectivity index (χ4n) is 1.34. The van der Waals surface area contributed by atoms with Crippen molar-refractivity contribution < 1.29 is 5.11 Å². The van der Waals surface area contributed by atoms with Gasteiger partial charge in [0.15, 0.2) is 5.72 Å². The number of benzene rings is 1. The summed E-state index contributed by atoms with van der Waals surface area (Å²) in [5.41, 5.74) is 7.18. The Balaban J connectivity index is 2.53. The zero-order valence-corrected chi connectivity index (χ0v) is 6.26. The van der Waals surface area contributed by atoms with Crippen LogP contribution in [-0.2, 0) is 5.72 Å². The predicted octanol–water partition coefficient (Wildman–Crippen LogP) is 0.859. The standard InChI is InChI=1S/C8H10N2O/c1-8(11)6-4-5(9)2-3-7(6)10-8/h2-4,10-11H,9H2,1H3. The monoisotopic (exact) mass is 150 g/mol. The Kier molecular flexibility index (Phi) is 0.991. The van der Waals surface area contributed by atoms with E-state index in [2.05, 4.69) is 5.32 Å². The zero-order valence-electron chi connectivity index (χ0n) is 6.26. The molecule has 0 fully saturated rings. The van der Waals surface area contributed by atoms with Crippen molar-refractivity contribution in [3.05, 3.63) is 23.8 Å². The van der Waals surface area contributed by atoms with Gasteiger partial charge < -0.3 is 16.2 Å². The van der Waals surface area contributed by atoms with Crippen molar-refractivity contribution in [2.24, 2.45) is 0 Å². The number of nitrogens with two attached hydrogens (primary N) is 1. The lowest BCUT2D eigenvalue weighted by Gasteiger charge is -2.38. The average molecular weight is 150 g/mol. The van der Waals surface area contributed by atoms with Gasteiger partial charge in [0.25, 0.3) is 0 Å². The summed E-state index contributed by atoms with van der Waals surface area (Å²) in [7, 11) is 0. The third kappa shape index (κ3) is 0.778. The normalized spacial score (nSPS) is 26.7. The highest BCUT2D eigenvalue weighted by Gasteiger charge is 2.35. The minimum Gasteiger partial charge on any atom is -0.399 e. The number of anilines is 2. The third-order valence-electron chi connectivity index (χ3n) is 1.95. The van der Waals surface area contributed by atoms with Gasteiger partial charge in [0.05, 0.1) is 0 Å². The maximum absolute atomic E-state index is 9.52. The molecule has 1 atom stereocenters. The summed E-state index contributed by atoms with van der Waals surface area (Å²) in [4.78, 5) is 0. The molecule has 2 rings (SSSR count). The van der Waals surface area contributed by atoms with Crippen molar-refractivity contribution in [2.45, 2.75) is 12.6 Å². The molecule has 11 heavy (non-hydrogen) atoms. The molecular formula is C8H10N2O. The number of nitrogen functional groups attached to an aromatic ring is 1. The van der Waals surface area contributed by atoms with Gasteiger partial charge in [-0.15, -0.1) is 0 Å². The SMILES string of the molecule is CC1(O)Nc2ccc(N)cc21. The van der Waals surface area contributed by atoms with Crippen LogP contribution in [0.4, 0.5) is 11.4 Å². The second-order valence-electron chi connectivity index (χ2n) is 3.00. The third-order valence-corrected chi connectivity index (χ3v) is 1.95. The van der Waals surface area contributed by atoms with Gasteiger partial charge in [-0.05, 0) is 25.1 Å². The fraction of sp³-hybridized carbons (Fsp3) is 0.250. The van der Waals surface area contributed by atoms with E-state index in [1.165, 1.54) is 0 Å². The number of hydrogen-bond donors (Lipinski definition) is 3. The van der Waals surface area contributed by atoms with Crippen molar-refractivity contribution in [1.82, 2.24) is 0 Å². The summed E-state index contributed by atoms with van der Waals surface area (Å²) in [5, 5.41) is 12.4. The molecule has 0 bridgehead atoms. The Morgan fingerprint density at radius 2 is 2.27 bits per heavy atom. The molecule has 3 nitrogen and oxygen atoms in total. The average Bonchev–Trinajstić information content (AvgIpc) is 1.92. The fourth-order valence-corrected chi connectivity index (χ4v) is 1.34. The van der Waals surface area contributed by atoms with Gasteiger partial charge in [0.2, 0.25) is 0 Å². The van der Waals surface area contributed by atoms with Gasteiger partial charge in [0.1, 0.15) is 0 Å². The Morgan fingerprint density at radius 3 is 2.82 bits per heavy atom. The molecule has 0 amide bonds. The first-order valence-electron chi connectivity index (χ1n) is 3.50. The lowest BCUT2D eigenvalue weighted by Crippen LogP contribution is -2.40. The number of aliphatic hydroxyl groups is 1. The van der Waals surface area contributed by atoms with E-state index in [9.17, 15) is 5.11 Å². The number of fused-ring (bicyclic) bond motifs is 1. The van der Waals surface area contributed by atoms with Gasteiger partial charge in [0, 0.05) is 16.9 Å². The van der Waals surface area contributed by atoms with Crippen LogP contribution in [-0.4, -0.2) is 5.11 Å². The summed E-state index contributed by atoms with van der Waals surface area (Å²) >= 11 is 0. The maximum atomic E-state index is 9.52. The lowest BCUT2D eigenvalue weighted by atomic mass is 9.94. The van der Waals surface area contributed by atoms with E-state index >= 15 is 0 Å². The molecule has 1 aliphatic heterocycles. The molecule has 1 heterocycles. The Morgan fingerprint density at radius 1 is 1.55 bits per heavy atom. The number of rotatable bonds is 0. The topological polar surface area (TPSA) is 58.3 Å². The van der Waals surface area contributed by atoms with Crippen LogP contribution in [0.5, 0.6) is 0 Å². The molecule has 4 N–H and O–H groups in total. The molecular weight excluding hydrogens is 140 g/mol. The van der Waals surface area contributed by atoms with Crippen LogP contribution in [0.2, 0.25) is 0 Å². The summed E-state index contributed by atoms with van der Waals surface area (Å²) in [6.07, 6.45) is 0. The molecule has 0 saturated heterocycles. The molecule has 0 spiro atoms. The molecule has 0 radical (unpaired) electrons. The highest BCUT2D eigenvalue weighted by Crippen LogP contribution is 2.39. The molecule has 0 saturated carbocycles. The second kappa shape index (κ2) is 1.68. The number of hydrogen-bond acceptors (Lipinski definition) is 3. The van der Waals surface area contributed by atoms with E-state index in [1.807, 2.05) is 6.07 Å². The molecule has 1 aliphatic rings. The van der Waals surface area contributed by atoms with Crippen LogP contribution >= 0.6 is 0 Å². The summed E-state index contributed by atoms with van der Waals surface area (Å²) in [6.45, 7) is 1.70. The van der Waals surface area contributed by atoms with Crippen LogP contribution < -0.4 is 11.1 Å². The summed E-state index contributed by atoms with van der Waals surface area (Å²) in [5.74, 6) is 0. The van der Waals surface area contributed by atoms with E-state index in [1.54, 1.807) is 19.1 Å². The zero-order chi connectivity index (χ0) is 8.06. The first kappa shape index (κ1) is 6.49. The van der Waals surface area contributed by atoms with Crippen LogP contribution in [0.25, 0.3) is 0 Å². The minimum absolute atomic E-state index is 0.686. The lowest BCUT2D eigenvalue weighted by molar-refractivity contribution is 0.0732. The van der Waals surface area contributed by atoms with E-state index in [0.717, 1.165) is 11.3 Å². The minimum atomic E-state index is -0.884. The molecule has 0 aliphatic carbocycles. The van der Waals surface area contributed by atoms with Gasteiger partial charge in [-0.1, -0.05) is 0 Å². The first-order chi connectivity index (χ1) is 5.09. The second-order valence-corrected chi connectivity index (χ2v) is 3.00. The number of nitrogens with one attached hydrogen (secondary N) is 1. The summed E-state index contributed by atoms with van der Waals surface area (Å²) in [6, 6.07) is 5.45. The van der Waals surface area contributed by atoms with Gasteiger partial charge in [-0.25, -0.2) is 0 Å². The van der Waals surface area contributed by atoms with Crippen LogP contribution in [0.3, 0.4) is 0 Å². The molecule has 3 heteroatoms. The van der Waals surface area contributed by atoms with Crippen molar-refractivity contribution >= 4 is 11.4 Å². The van der Waals surface area contributed by atoms with E-state index in [4.69, 9.17) is 5.73 Å². The van der Waals surface area contributed by atoms with Gasteiger partial charge in [-0.2, -0.15) is 0 Å². The first-order valence-corrected chi connectivity index (χ1v) is 3.50. The van der Waals surface area contributed by atoms with Crippen LogP contribution in [0.15, 0.2) is 18.2 Å². The van der Waals surface area contributed by atoms with Crippen LogP contribution in [0.1, 0.15) is 12.5 Å². The van der Waals surface area contributed by atoms with E-state index in [-0.39, 0.29) is 0 Å². The highest BCUT2D eigenvalue weighted by atomic mass is 16.3. The molecule has 0 aromatic heterocycles. The van der Waals surface area contributed by atoms with Gasteiger partial charge in [-0.3, -0.25) is 0 Å². The maximum Gasteiger partial charge on any atom is 0.161 e. The highest BCUT2D eigenvalue weighted by molar-refractivity contribution is 5.68. The largest absolute Gasteiger partial charge is 0.399 e. The van der Waals surface area contributed by atoms with E-state index in [0.29, 0.717) is 5.69 Å². The van der Waals surface area contributed by atoms with Crippen molar-refractivity contribution in [3.63, 3.8) is 0 Å². The van der Waals surface area contributed by atoms with Crippen molar-refractivity contribution in [2.75, 3.05) is 11.1 Å². The Bertz CT molecular complexity index is 307. The van der Waals surface area contributed by atoms with Crippen LogP contribution in [0, 0.1) is 0 Å². The molecule has 58 valence electrons. The Hall–Kier alpha value is -1.22. The molecule has 1 unspecified atom stereocenters. The smallest absolute Gasteiger partial charge is 0.161 e. The van der Waals surface area contributed by atoms with Gasteiger partial charge >= 0.3 is 0 Å². The van der Waals surface area contributed by atoms with E-state index < -0.39 is 5.72 Å². The molecule has 1 aromatic rings. The molecule has 1 aromatic carbocycles. The quantitative estimate of drug-likeness (QED) is 0.481. The Labute approximate surface area is 64.8 Å².